The maximum Gasteiger partial charge on any atom is 0.234 e. The average molecular weight is 368 g/mol. The highest BCUT2D eigenvalue weighted by Gasteiger charge is 2.24. The molecule has 2 rings (SSSR count). The van der Waals surface area contributed by atoms with E-state index in [0.717, 1.165) is 58.3 Å². The molecule has 0 aromatic heterocycles. The van der Waals surface area contributed by atoms with E-state index in [9.17, 15) is 4.79 Å². The first-order chi connectivity index (χ1) is 12.4. The molecule has 2 aliphatic heterocycles. The molecule has 1 unspecified atom stereocenters. The van der Waals surface area contributed by atoms with Gasteiger partial charge < -0.3 is 20.4 Å². The maximum atomic E-state index is 11.9. The summed E-state index contributed by atoms with van der Waals surface area (Å²) in [6.45, 7) is 12.3. The first-order valence-corrected chi connectivity index (χ1v) is 9.75. The van der Waals surface area contributed by atoms with E-state index >= 15 is 0 Å². The topological polar surface area (TPSA) is 66.5 Å². The summed E-state index contributed by atoms with van der Waals surface area (Å²) in [4.78, 5) is 25.7. The summed E-state index contributed by atoms with van der Waals surface area (Å²) in [5.41, 5.74) is 0. The number of carbonyl (C=O) groups excluding carboxylic acids is 1. The number of carbonyl (C=O) groups is 1. The summed E-state index contributed by atoms with van der Waals surface area (Å²) in [6, 6.07) is 0.704. The second-order valence-corrected chi connectivity index (χ2v) is 7.81. The number of hydrogen-bond donors (Lipinski definition) is 2. The Morgan fingerprint density at radius 3 is 2.42 bits per heavy atom. The molecule has 0 aliphatic carbocycles. The largest absolute Gasteiger partial charge is 0.355 e. The molecule has 0 bridgehead atoms. The SMILES string of the molecule is CN=C(NCC1CN(C)CCN1C)N1CCN(CC(=O)NC(C)C)CC1. The Labute approximate surface area is 158 Å². The van der Waals surface area contributed by atoms with Crippen LogP contribution in [0.3, 0.4) is 0 Å². The van der Waals surface area contributed by atoms with Crippen molar-refractivity contribution in [1.29, 1.82) is 0 Å². The number of likely N-dealkylation sites (N-methyl/N-ethyl adjacent to an activating group) is 2. The van der Waals surface area contributed by atoms with E-state index in [2.05, 4.69) is 49.3 Å². The quantitative estimate of drug-likeness (QED) is 0.478. The number of nitrogens with zero attached hydrogens (tertiary/aromatic N) is 5. The van der Waals surface area contributed by atoms with Crippen molar-refractivity contribution in [3.63, 3.8) is 0 Å². The standard InChI is InChI=1S/C18H37N7O/c1-15(2)21-17(26)14-24-8-10-25(11-9-24)18(19-3)20-12-16-13-22(4)6-7-23(16)5/h15-16H,6-14H2,1-5H3,(H,19,20)(H,21,26). The van der Waals surface area contributed by atoms with Crippen molar-refractivity contribution in [3.05, 3.63) is 0 Å². The van der Waals surface area contributed by atoms with Crippen molar-refractivity contribution in [2.24, 2.45) is 4.99 Å². The van der Waals surface area contributed by atoms with Gasteiger partial charge in [-0.3, -0.25) is 19.6 Å². The van der Waals surface area contributed by atoms with Crippen LogP contribution in [0.15, 0.2) is 4.99 Å². The number of piperazine rings is 2. The van der Waals surface area contributed by atoms with Gasteiger partial charge in [0.1, 0.15) is 0 Å². The molecule has 8 heteroatoms. The summed E-state index contributed by atoms with van der Waals surface area (Å²) in [5.74, 6) is 1.08. The molecule has 26 heavy (non-hydrogen) atoms. The number of nitrogens with one attached hydrogen (secondary N) is 2. The van der Waals surface area contributed by atoms with E-state index in [4.69, 9.17) is 0 Å². The van der Waals surface area contributed by atoms with Crippen LogP contribution >= 0.6 is 0 Å². The smallest absolute Gasteiger partial charge is 0.234 e. The number of aliphatic imine (C=N–C) groups is 1. The zero-order valence-electron chi connectivity index (χ0n) is 17.2. The third-order valence-electron chi connectivity index (χ3n) is 5.18. The van der Waals surface area contributed by atoms with E-state index in [0.29, 0.717) is 12.6 Å². The van der Waals surface area contributed by atoms with Gasteiger partial charge in [0.25, 0.3) is 0 Å². The van der Waals surface area contributed by atoms with Crippen LogP contribution in [0.1, 0.15) is 13.8 Å². The van der Waals surface area contributed by atoms with Crippen LogP contribution in [-0.4, -0.2) is 124 Å². The molecule has 1 atom stereocenters. The van der Waals surface area contributed by atoms with Crippen LogP contribution in [0.25, 0.3) is 0 Å². The molecule has 0 aromatic carbocycles. The molecule has 2 N–H and O–H groups in total. The lowest BCUT2D eigenvalue weighted by atomic mass is 10.2. The third-order valence-corrected chi connectivity index (χ3v) is 5.18. The van der Waals surface area contributed by atoms with E-state index in [1.54, 1.807) is 0 Å². The molecule has 0 aromatic rings. The van der Waals surface area contributed by atoms with E-state index < -0.39 is 0 Å². The molecule has 1 amide bonds. The van der Waals surface area contributed by atoms with Gasteiger partial charge >= 0.3 is 0 Å². The Hall–Kier alpha value is -1.38. The molecule has 0 saturated carbocycles. The van der Waals surface area contributed by atoms with Crippen molar-refractivity contribution in [3.8, 4) is 0 Å². The van der Waals surface area contributed by atoms with E-state index in [1.807, 2.05) is 20.9 Å². The van der Waals surface area contributed by atoms with Gasteiger partial charge in [-0.25, -0.2) is 0 Å². The Balaban J connectivity index is 1.75. The van der Waals surface area contributed by atoms with Crippen LogP contribution in [0.5, 0.6) is 0 Å². The summed E-state index contributed by atoms with van der Waals surface area (Å²) in [6.07, 6.45) is 0. The van der Waals surface area contributed by atoms with Gasteiger partial charge in [0.2, 0.25) is 5.91 Å². The molecule has 2 saturated heterocycles. The highest BCUT2D eigenvalue weighted by molar-refractivity contribution is 5.80. The first-order valence-electron chi connectivity index (χ1n) is 9.75. The third kappa shape index (κ3) is 6.41. The maximum absolute atomic E-state index is 11.9. The van der Waals surface area contributed by atoms with Crippen molar-refractivity contribution in [2.45, 2.75) is 25.9 Å². The molecule has 0 radical (unpaired) electrons. The molecular weight excluding hydrogens is 330 g/mol. The second-order valence-electron chi connectivity index (χ2n) is 7.81. The predicted molar refractivity (Wildman–Crippen MR) is 107 cm³/mol. The number of rotatable bonds is 5. The lowest BCUT2D eigenvalue weighted by molar-refractivity contribution is -0.123. The second kappa shape index (κ2) is 10.1. The zero-order chi connectivity index (χ0) is 19.1. The summed E-state index contributed by atoms with van der Waals surface area (Å²) in [7, 11) is 6.23. The normalized spacial score (nSPS) is 24.2. The Morgan fingerprint density at radius 1 is 1.12 bits per heavy atom. The summed E-state index contributed by atoms with van der Waals surface area (Å²) < 4.78 is 0. The number of guanidine groups is 1. The monoisotopic (exact) mass is 367 g/mol. The van der Waals surface area contributed by atoms with Crippen LogP contribution in [0.4, 0.5) is 0 Å². The Bertz CT molecular complexity index is 474. The minimum atomic E-state index is 0.111. The first kappa shape index (κ1) is 20.9. The van der Waals surface area contributed by atoms with Gasteiger partial charge in [0, 0.05) is 71.5 Å². The fourth-order valence-electron chi connectivity index (χ4n) is 3.55. The molecule has 2 fully saturated rings. The van der Waals surface area contributed by atoms with Crippen LogP contribution < -0.4 is 10.6 Å². The lowest BCUT2D eigenvalue weighted by Gasteiger charge is -2.39. The van der Waals surface area contributed by atoms with Gasteiger partial charge in [-0.1, -0.05) is 0 Å². The molecule has 2 heterocycles. The van der Waals surface area contributed by atoms with Gasteiger partial charge in [-0.2, -0.15) is 0 Å². The molecule has 150 valence electrons. The zero-order valence-corrected chi connectivity index (χ0v) is 17.2. The number of hydrogen-bond acceptors (Lipinski definition) is 5. The summed E-state index contributed by atoms with van der Waals surface area (Å²) in [5, 5.41) is 6.51. The average Bonchev–Trinajstić information content (AvgIpc) is 2.59. The van der Waals surface area contributed by atoms with Gasteiger partial charge in [-0.15, -0.1) is 0 Å². The van der Waals surface area contributed by atoms with Gasteiger partial charge in [0.15, 0.2) is 5.96 Å². The van der Waals surface area contributed by atoms with Gasteiger partial charge in [0.05, 0.1) is 6.54 Å². The fourth-order valence-corrected chi connectivity index (χ4v) is 3.55. The molecule has 2 aliphatic rings. The van der Waals surface area contributed by atoms with Crippen molar-refractivity contribution in [1.82, 2.24) is 30.2 Å². The summed E-state index contributed by atoms with van der Waals surface area (Å²) >= 11 is 0. The number of amides is 1. The Kier molecular flexibility index (Phi) is 8.12. The highest BCUT2D eigenvalue weighted by Crippen LogP contribution is 2.06. The highest BCUT2D eigenvalue weighted by atomic mass is 16.2. The van der Waals surface area contributed by atoms with Crippen LogP contribution in [-0.2, 0) is 4.79 Å². The predicted octanol–water partition coefficient (Wildman–Crippen LogP) is -1.05. The minimum absolute atomic E-state index is 0.111. The molecule has 8 nitrogen and oxygen atoms in total. The van der Waals surface area contributed by atoms with Crippen molar-refractivity contribution in [2.75, 3.05) is 80.0 Å². The van der Waals surface area contributed by atoms with Gasteiger partial charge in [-0.05, 0) is 27.9 Å². The lowest BCUT2D eigenvalue weighted by Crippen LogP contribution is -2.58. The van der Waals surface area contributed by atoms with Crippen LogP contribution in [0.2, 0.25) is 0 Å². The minimum Gasteiger partial charge on any atom is -0.355 e. The fraction of sp³-hybridized carbons (Fsp3) is 0.889. The molecular formula is C18H37N7O. The Morgan fingerprint density at radius 2 is 1.81 bits per heavy atom. The molecule has 0 spiro atoms. The van der Waals surface area contributed by atoms with E-state index in [-0.39, 0.29) is 11.9 Å². The van der Waals surface area contributed by atoms with Crippen LogP contribution in [0, 0.1) is 0 Å². The van der Waals surface area contributed by atoms with Crippen molar-refractivity contribution >= 4 is 11.9 Å². The van der Waals surface area contributed by atoms with Crippen molar-refractivity contribution < 1.29 is 4.79 Å². The van der Waals surface area contributed by atoms with E-state index in [1.165, 1.54) is 0 Å².